The first-order valence-corrected chi connectivity index (χ1v) is 9.96. The minimum absolute atomic E-state index is 0.354. The molecule has 0 amide bonds. The Morgan fingerprint density at radius 2 is 1.75 bits per heavy atom. The summed E-state index contributed by atoms with van der Waals surface area (Å²) in [5, 5.41) is 1.48. The number of aromatic nitrogens is 1. The fourth-order valence-electron chi connectivity index (χ4n) is 7.51. The van der Waals surface area contributed by atoms with E-state index in [1.165, 1.54) is 49.4 Å². The normalized spacial score (nSPS) is 40.2. The zero-order valence-electron chi connectivity index (χ0n) is 15.7. The van der Waals surface area contributed by atoms with Crippen molar-refractivity contribution in [3.8, 4) is 0 Å². The van der Waals surface area contributed by atoms with Crippen molar-refractivity contribution < 1.29 is 0 Å². The number of fused-ring (bicyclic) bond motifs is 7. The molecule has 0 spiro atoms. The molecule has 128 valence electrons. The lowest BCUT2D eigenvalue weighted by atomic mass is 9.44. The van der Waals surface area contributed by atoms with Gasteiger partial charge in [0.05, 0.1) is 0 Å². The topological polar surface area (TPSA) is 15.8 Å². The molecule has 0 bridgehead atoms. The summed E-state index contributed by atoms with van der Waals surface area (Å²) in [7, 11) is 0. The highest BCUT2D eigenvalue weighted by molar-refractivity contribution is 5.86. The summed E-state index contributed by atoms with van der Waals surface area (Å²) >= 11 is 0. The van der Waals surface area contributed by atoms with Crippen LogP contribution in [0.15, 0.2) is 24.3 Å². The maximum Gasteiger partial charge on any atom is 0.0459 e. The second kappa shape index (κ2) is 4.48. The Morgan fingerprint density at radius 3 is 2.58 bits per heavy atom. The van der Waals surface area contributed by atoms with Gasteiger partial charge in [0.25, 0.3) is 0 Å². The van der Waals surface area contributed by atoms with Gasteiger partial charge >= 0.3 is 0 Å². The van der Waals surface area contributed by atoms with Crippen molar-refractivity contribution in [2.45, 2.75) is 71.6 Å². The van der Waals surface area contributed by atoms with Gasteiger partial charge in [-0.25, -0.2) is 0 Å². The second-order valence-corrected chi connectivity index (χ2v) is 10.1. The van der Waals surface area contributed by atoms with Crippen molar-refractivity contribution in [3.05, 3.63) is 35.5 Å². The molecular weight excluding hydrogens is 290 g/mol. The summed E-state index contributed by atoms with van der Waals surface area (Å²) in [6, 6.07) is 8.95. The second-order valence-electron chi connectivity index (χ2n) is 10.1. The Bertz CT molecular complexity index is 813. The number of para-hydroxylation sites is 1. The van der Waals surface area contributed by atoms with Gasteiger partial charge < -0.3 is 4.98 Å². The zero-order valence-corrected chi connectivity index (χ0v) is 15.7. The maximum atomic E-state index is 3.85. The number of benzene rings is 1. The highest BCUT2D eigenvalue weighted by Crippen LogP contribution is 2.67. The molecule has 1 N–H and O–H groups in total. The van der Waals surface area contributed by atoms with Crippen LogP contribution >= 0.6 is 0 Å². The Hall–Kier alpha value is -1.24. The lowest BCUT2D eigenvalue weighted by Gasteiger charge is -2.61. The van der Waals surface area contributed by atoms with E-state index in [1.807, 2.05) is 0 Å². The Morgan fingerprint density at radius 1 is 0.958 bits per heavy atom. The van der Waals surface area contributed by atoms with Crippen LogP contribution in [0.2, 0.25) is 0 Å². The quantitative estimate of drug-likeness (QED) is 0.592. The van der Waals surface area contributed by atoms with Crippen molar-refractivity contribution in [2.75, 3.05) is 0 Å². The molecule has 2 fully saturated rings. The Balaban J connectivity index is 1.66. The molecule has 1 aromatic heterocycles. The third kappa shape index (κ3) is 1.67. The highest BCUT2D eigenvalue weighted by Gasteiger charge is 2.61. The standard InChI is InChI=1S/C23H31N/c1-21(2)11-7-12-22(3)18(21)10-13-23(4)19(22)14-16-15-8-5-6-9-17(15)24-20(16)23/h5-6,8-9,18-19,24H,7,10-14H2,1-4H3/t18-,19+,22-,23+/m0/s1. The number of hydrogen-bond donors (Lipinski definition) is 1. The molecule has 1 heterocycles. The molecule has 3 aliphatic carbocycles. The summed E-state index contributed by atoms with van der Waals surface area (Å²) in [6.07, 6.45) is 8.33. The van der Waals surface area contributed by atoms with Crippen LogP contribution < -0.4 is 0 Å². The zero-order chi connectivity index (χ0) is 16.7. The van der Waals surface area contributed by atoms with E-state index in [-0.39, 0.29) is 0 Å². The van der Waals surface area contributed by atoms with Crippen LogP contribution in [-0.4, -0.2) is 4.98 Å². The van der Waals surface area contributed by atoms with E-state index in [9.17, 15) is 0 Å². The smallest absolute Gasteiger partial charge is 0.0459 e. The Kier molecular flexibility index (Phi) is 2.81. The van der Waals surface area contributed by atoms with Gasteiger partial charge in [0.15, 0.2) is 0 Å². The number of hydrogen-bond acceptors (Lipinski definition) is 0. The van der Waals surface area contributed by atoms with E-state index < -0.39 is 0 Å². The van der Waals surface area contributed by atoms with E-state index >= 15 is 0 Å². The predicted molar refractivity (Wildman–Crippen MR) is 101 cm³/mol. The van der Waals surface area contributed by atoms with Crippen LogP contribution in [0.4, 0.5) is 0 Å². The van der Waals surface area contributed by atoms with Gasteiger partial charge in [-0.1, -0.05) is 52.3 Å². The summed E-state index contributed by atoms with van der Waals surface area (Å²) in [5.41, 5.74) is 5.95. The van der Waals surface area contributed by atoms with Crippen molar-refractivity contribution in [2.24, 2.45) is 22.7 Å². The van der Waals surface area contributed by atoms with Crippen LogP contribution in [0.3, 0.4) is 0 Å². The number of nitrogens with one attached hydrogen (secondary N) is 1. The summed E-state index contributed by atoms with van der Waals surface area (Å²) in [5.74, 6) is 1.71. The highest BCUT2D eigenvalue weighted by atomic mass is 14.8. The van der Waals surface area contributed by atoms with Crippen molar-refractivity contribution in [3.63, 3.8) is 0 Å². The van der Waals surface area contributed by atoms with Crippen molar-refractivity contribution >= 4 is 10.9 Å². The summed E-state index contributed by atoms with van der Waals surface area (Å²) in [4.78, 5) is 3.85. The molecule has 2 aromatic rings. The van der Waals surface area contributed by atoms with Gasteiger partial charge in [-0.15, -0.1) is 0 Å². The molecule has 0 aliphatic heterocycles. The molecule has 4 atom stereocenters. The molecule has 1 heteroatoms. The van der Waals surface area contributed by atoms with Gasteiger partial charge in [-0.05, 0) is 66.4 Å². The molecule has 3 aliphatic rings. The third-order valence-electron chi connectivity index (χ3n) is 8.59. The van der Waals surface area contributed by atoms with E-state index in [4.69, 9.17) is 0 Å². The van der Waals surface area contributed by atoms with Crippen molar-refractivity contribution in [1.82, 2.24) is 4.98 Å². The maximum absolute atomic E-state index is 3.85. The first-order valence-electron chi connectivity index (χ1n) is 9.96. The largest absolute Gasteiger partial charge is 0.358 e. The van der Waals surface area contributed by atoms with Crippen LogP contribution in [0, 0.1) is 22.7 Å². The van der Waals surface area contributed by atoms with Crippen LogP contribution in [0.25, 0.3) is 10.9 Å². The predicted octanol–water partition coefficient (Wildman–Crippen LogP) is 6.22. The monoisotopic (exact) mass is 321 g/mol. The van der Waals surface area contributed by atoms with Gasteiger partial charge in [-0.3, -0.25) is 0 Å². The minimum atomic E-state index is 0.354. The molecule has 0 saturated heterocycles. The van der Waals surface area contributed by atoms with Crippen LogP contribution in [-0.2, 0) is 11.8 Å². The third-order valence-corrected chi connectivity index (χ3v) is 8.59. The molecule has 1 aromatic carbocycles. The molecule has 1 nitrogen and oxygen atoms in total. The average Bonchev–Trinajstić information content (AvgIpc) is 3.02. The number of aromatic amines is 1. The molecule has 5 rings (SSSR count). The fraction of sp³-hybridized carbons (Fsp3) is 0.652. The lowest BCUT2D eigenvalue weighted by molar-refractivity contribution is -0.0988. The van der Waals surface area contributed by atoms with E-state index in [1.54, 1.807) is 11.3 Å². The molecule has 0 unspecified atom stereocenters. The van der Waals surface area contributed by atoms with Gasteiger partial charge in [-0.2, -0.15) is 0 Å². The van der Waals surface area contributed by atoms with Gasteiger partial charge in [0, 0.05) is 22.0 Å². The van der Waals surface area contributed by atoms with E-state index in [0.29, 0.717) is 16.2 Å². The van der Waals surface area contributed by atoms with Gasteiger partial charge in [0.1, 0.15) is 0 Å². The Labute approximate surface area is 146 Å². The summed E-state index contributed by atoms with van der Waals surface area (Å²) in [6.45, 7) is 10.3. The van der Waals surface area contributed by atoms with Crippen molar-refractivity contribution in [1.29, 1.82) is 0 Å². The number of H-pyrrole nitrogens is 1. The molecular formula is C23H31N. The minimum Gasteiger partial charge on any atom is -0.358 e. The molecule has 0 radical (unpaired) electrons. The van der Waals surface area contributed by atoms with Crippen LogP contribution in [0.5, 0.6) is 0 Å². The fourth-order valence-corrected chi connectivity index (χ4v) is 7.51. The first kappa shape index (κ1) is 15.0. The summed E-state index contributed by atoms with van der Waals surface area (Å²) < 4.78 is 0. The van der Waals surface area contributed by atoms with Gasteiger partial charge in [0.2, 0.25) is 0 Å². The molecule has 24 heavy (non-hydrogen) atoms. The van der Waals surface area contributed by atoms with E-state index in [0.717, 1.165) is 11.8 Å². The first-order chi connectivity index (χ1) is 11.4. The lowest BCUT2D eigenvalue weighted by Crippen LogP contribution is -2.55. The van der Waals surface area contributed by atoms with Crippen LogP contribution in [0.1, 0.15) is 71.1 Å². The average molecular weight is 322 g/mol. The van der Waals surface area contributed by atoms with E-state index in [2.05, 4.69) is 56.9 Å². The SMILES string of the molecule is CC1(C)CCC[C@]2(C)[C@H]3Cc4c([nH]c5ccccc45)[C@]3(C)CC[C@@H]12. The molecule has 2 saturated carbocycles. The number of rotatable bonds is 0.